The largest absolute Gasteiger partial charge is 0.355 e. The van der Waals surface area contributed by atoms with E-state index in [0.29, 0.717) is 0 Å². The van der Waals surface area contributed by atoms with Crippen LogP contribution in [0.25, 0.3) is 33.0 Å². The van der Waals surface area contributed by atoms with Gasteiger partial charge >= 0.3 is 0 Å². The predicted molar refractivity (Wildman–Crippen MR) is 125 cm³/mol. The first-order valence-electron chi connectivity index (χ1n) is 9.87. The summed E-state index contributed by atoms with van der Waals surface area (Å²) in [5.41, 5.74) is 7.07. The number of fused-ring (bicyclic) bond motifs is 1. The highest BCUT2D eigenvalue weighted by molar-refractivity contribution is 5.97. The monoisotopic (exact) mass is 371 g/mol. The van der Waals surface area contributed by atoms with Crippen LogP contribution in [0.4, 0.5) is 11.4 Å². The van der Waals surface area contributed by atoms with Crippen LogP contribution in [0.2, 0.25) is 0 Å². The molecule has 0 aromatic heterocycles. The lowest BCUT2D eigenvalue weighted by atomic mass is 9.98. The summed E-state index contributed by atoms with van der Waals surface area (Å²) in [6, 6.07) is 42.7. The molecule has 1 nitrogen and oxygen atoms in total. The Balaban J connectivity index is 1.48. The number of hydrogen-bond acceptors (Lipinski definition) is 1. The normalized spacial score (nSPS) is 10.8. The van der Waals surface area contributed by atoms with E-state index in [1.54, 1.807) is 0 Å². The average Bonchev–Trinajstić information content (AvgIpc) is 2.80. The van der Waals surface area contributed by atoms with Crippen molar-refractivity contribution in [3.05, 3.63) is 121 Å². The van der Waals surface area contributed by atoms with E-state index < -0.39 is 0 Å². The molecule has 0 aliphatic rings. The first-order valence-corrected chi connectivity index (χ1v) is 9.87. The smallest absolute Gasteiger partial charge is 0.0390 e. The van der Waals surface area contributed by atoms with Crippen LogP contribution in [-0.4, -0.2) is 0 Å². The van der Waals surface area contributed by atoms with Gasteiger partial charge in [0.05, 0.1) is 0 Å². The van der Waals surface area contributed by atoms with Gasteiger partial charge < -0.3 is 5.32 Å². The minimum absolute atomic E-state index is 1.08. The summed E-state index contributed by atoms with van der Waals surface area (Å²) in [6.45, 7) is 0. The summed E-state index contributed by atoms with van der Waals surface area (Å²) < 4.78 is 0. The minimum Gasteiger partial charge on any atom is -0.355 e. The van der Waals surface area contributed by atoms with Crippen molar-refractivity contribution >= 4 is 22.1 Å². The molecule has 5 rings (SSSR count). The van der Waals surface area contributed by atoms with E-state index in [9.17, 15) is 0 Å². The van der Waals surface area contributed by atoms with E-state index in [-0.39, 0.29) is 0 Å². The number of rotatable bonds is 4. The van der Waals surface area contributed by atoms with E-state index in [2.05, 4.69) is 121 Å². The summed E-state index contributed by atoms with van der Waals surface area (Å²) in [4.78, 5) is 0. The van der Waals surface area contributed by atoms with Crippen molar-refractivity contribution in [2.24, 2.45) is 0 Å². The molecule has 0 amide bonds. The fourth-order valence-electron chi connectivity index (χ4n) is 3.82. The van der Waals surface area contributed by atoms with Gasteiger partial charge in [0, 0.05) is 11.4 Å². The van der Waals surface area contributed by atoms with Crippen LogP contribution in [0.3, 0.4) is 0 Å². The Labute approximate surface area is 171 Å². The van der Waals surface area contributed by atoms with Crippen molar-refractivity contribution in [3.8, 4) is 22.3 Å². The summed E-state index contributed by atoms with van der Waals surface area (Å²) >= 11 is 0. The van der Waals surface area contributed by atoms with Gasteiger partial charge in [0.15, 0.2) is 0 Å². The molecule has 0 unspecified atom stereocenters. The molecular weight excluding hydrogens is 350 g/mol. The lowest BCUT2D eigenvalue weighted by Gasteiger charge is -2.12. The molecule has 1 heteroatoms. The van der Waals surface area contributed by atoms with E-state index in [1.807, 2.05) is 6.07 Å². The third-order valence-corrected chi connectivity index (χ3v) is 5.22. The topological polar surface area (TPSA) is 12.0 Å². The van der Waals surface area contributed by atoms with Gasteiger partial charge in [0.25, 0.3) is 0 Å². The zero-order valence-corrected chi connectivity index (χ0v) is 16.0. The van der Waals surface area contributed by atoms with Gasteiger partial charge in [0.1, 0.15) is 0 Å². The maximum Gasteiger partial charge on any atom is 0.0390 e. The third-order valence-electron chi connectivity index (χ3n) is 5.22. The van der Waals surface area contributed by atoms with Gasteiger partial charge in [-0.3, -0.25) is 0 Å². The Morgan fingerprint density at radius 3 is 1.83 bits per heavy atom. The van der Waals surface area contributed by atoms with Crippen molar-refractivity contribution in [1.29, 1.82) is 0 Å². The molecule has 0 heterocycles. The zero-order chi connectivity index (χ0) is 19.5. The number of hydrogen-bond donors (Lipinski definition) is 1. The lowest BCUT2D eigenvalue weighted by molar-refractivity contribution is 1.53. The second-order valence-electron chi connectivity index (χ2n) is 7.18. The molecule has 0 saturated carbocycles. The Morgan fingerprint density at radius 2 is 1.00 bits per heavy atom. The SMILES string of the molecule is c1ccc(-c2cccc(Nc3cccc(-c4cccc5ccccc45)c3)c2)cc1. The summed E-state index contributed by atoms with van der Waals surface area (Å²) in [5.74, 6) is 0. The predicted octanol–water partition coefficient (Wildman–Crippen LogP) is 7.92. The fraction of sp³-hybridized carbons (Fsp3) is 0. The second kappa shape index (κ2) is 7.65. The molecular formula is C28H21N. The number of anilines is 2. The van der Waals surface area contributed by atoms with E-state index in [4.69, 9.17) is 0 Å². The maximum absolute atomic E-state index is 3.57. The Bertz CT molecular complexity index is 1270. The number of benzene rings is 5. The van der Waals surface area contributed by atoms with Crippen LogP contribution in [0.15, 0.2) is 121 Å². The van der Waals surface area contributed by atoms with E-state index in [0.717, 1.165) is 11.4 Å². The number of nitrogens with one attached hydrogen (secondary N) is 1. The highest BCUT2D eigenvalue weighted by atomic mass is 14.9. The van der Waals surface area contributed by atoms with Crippen LogP contribution in [0, 0.1) is 0 Å². The molecule has 0 saturated heterocycles. The summed E-state index contributed by atoms with van der Waals surface area (Å²) in [6.07, 6.45) is 0. The third kappa shape index (κ3) is 3.63. The minimum atomic E-state index is 1.08. The standard InChI is InChI=1S/C28H21N/c1-2-9-21(10-3-1)23-13-6-15-25(19-23)29-26-16-7-14-24(20-26)28-18-8-12-22-11-4-5-17-27(22)28/h1-20,29H. The highest BCUT2D eigenvalue weighted by Gasteiger charge is 2.05. The van der Waals surface area contributed by atoms with Crippen LogP contribution < -0.4 is 5.32 Å². The maximum atomic E-state index is 3.57. The van der Waals surface area contributed by atoms with Crippen LogP contribution in [-0.2, 0) is 0 Å². The molecule has 0 aliphatic carbocycles. The van der Waals surface area contributed by atoms with Gasteiger partial charge in [-0.25, -0.2) is 0 Å². The van der Waals surface area contributed by atoms with Gasteiger partial charge in [-0.1, -0.05) is 97.1 Å². The highest BCUT2D eigenvalue weighted by Crippen LogP contribution is 2.31. The molecule has 0 atom stereocenters. The van der Waals surface area contributed by atoms with Gasteiger partial charge in [-0.2, -0.15) is 0 Å². The van der Waals surface area contributed by atoms with Crippen molar-refractivity contribution in [3.63, 3.8) is 0 Å². The lowest BCUT2D eigenvalue weighted by Crippen LogP contribution is -1.91. The molecule has 0 aliphatic heterocycles. The Morgan fingerprint density at radius 1 is 0.414 bits per heavy atom. The van der Waals surface area contributed by atoms with Gasteiger partial charge in [-0.15, -0.1) is 0 Å². The summed E-state index contributed by atoms with van der Waals surface area (Å²) in [5, 5.41) is 6.11. The molecule has 0 radical (unpaired) electrons. The molecule has 0 spiro atoms. The molecule has 0 fully saturated rings. The first-order chi connectivity index (χ1) is 14.4. The van der Waals surface area contributed by atoms with E-state index >= 15 is 0 Å². The molecule has 5 aromatic rings. The van der Waals surface area contributed by atoms with Crippen molar-refractivity contribution in [2.75, 3.05) is 5.32 Å². The second-order valence-corrected chi connectivity index (χ2v) is 7.18. The molecule has 1 N–H and O–H groups in total. The molecule has 5 aromatic carbocycles. The fourth-order valence-corrected chi connectivity index (χ4v) is 3.82. The molecule has 138 valence electrons. The Hall–Kier alpha value is -3.84. The van der Waals surface area contributed by atoms with Gasteiger partial charge in [0.2, 0.25) is 0 Å². The summed E-state index contributed by atoms with van der Waals surface area (Å²) in [7, 11) is 0. The van der Waals surface area contributed by atoms with Crippen molar-refractivity contribution in [1.82, 2.24) is 0 Å². The molecule has 29 heavy (non-hydrogen) atoms. The molecule has 0 bridgehead atoms. The quantitative estimate of drug-likeness (QED) is 0.338. The van der Waals surface area contributed by atoms with Crippen LogP contribution in [0.5, 0.6) is 0 Å². The van der Waals surface area contributed by atoms with Crippen LogP contribution in [0.1, 0.15) is 0 Å². The van der Waals surface area contributed by atoms with Crippen molar-refractivity contribution < 1.29 is 0 Å². The zero-order valence-electron chi connectivity index (χ0n) is 16.0. The van der Waals surface area contributed by atoms with Gasteiger partial charge in [-0.05, 0) is 57.3 Å². The Kier molecular flexibility index (Phi) is 4.56. The van der Waals surface area contributed by atoms with Crippen molar-refractivity contribution in [2.45, 2.75) is 0 Å². The van der Waals surface area contributed by atoms with E-state index in [1.165, 1.54) is 33.0 Å². The average molecular weight is 371 g/mol. The van der Waals surface area contributed by atoms with Crippen LogP contribution >= 0.6 is 0 Å². The first kappa shape index (κ1) is 17.3.